The molecule has 44 valence electrons. The van der Waals surface area contributed by atoms with E-state index in [2.05, 4.69) is 10.8 Å². The van der Waals surface area contributed by atoms with Crippen molar-refractivity contribution in [3.05, 3.63) is 23.0 Å². The minimum atomic E-state index is 1.76. The standard InChI is InChI=1S/C4H4S4/c1-2-4-6-8-7-5-3-1/h1-4H/b3-1-,4-2-. The van der Waals surface area contributed by atoms with Crippen LogP contribution in [-0.4, -0.2) is 0 Å². The van der Waals surface area contributed by atoms with Crippen molar-refractivity contribution >= 4 is 41.2 Å². The molecule has 1 aliphatic heterocycles. The van der Waals surface area contributed by atoms with Crippen LogP contribution in [0.1, 0.15) is 0 Å². The van der Waals surface area contributed by atoms with Crippen LogP contribution in [0.15, 0.2) is 23.0 Å². The third-order valence-electron chi connectivity index (χ3n) is 0.486. The first-order valence-corrected chi connectivity index (χ1v) is 6.91. The molecular formula is C4H4S4. The number of hydrogen-bond donors (Lipinski definition) is 0. The Bertz CT molecular complexity index is 92.6. The Hall–Kier alpha value is 0.880. The van der Waals surface area contributed by atoms with Gasteiger partial charge in [0.1, 0.15) is 0 Å². The zero-order valence-corrected chi connectivity index (χ0v) is 7.21. The lowest BCUT2D eigenvalue weighted by Gasteiger charge is -1.91. The van der Waals surface area contributed by atoms with Crippen molar-refractivity contribution < 1.29 is 0 Å². The highest BCUT2D eigenvalue weighted by Gasteiger charge is 1.86. The van der Waals surface area contributed by atoms with Gasteiger partial charge in [-0.2, -0.15) is 0 Å². The lowest BCUT2D eigenvalue weighted by atomic mass is 10.6. The van der Waals surface area contributed by atoms with E-state index in [1.54, 1.807) is 41.2 Å². The van der Waals surface area contributed by atoms with Gasteiger partial charge in [-0.15, -0.1) is 0 Å². The van der Waals surface area contributed by atoms with Gasteiger partial charge in [-0.05, 0) is 30.5 Å². The Morgan fingerprint density at radius 2 is 1.25 bits per heavy atom. The second-order valence-corrected chi connectivity index (χ2v) is 6.61. The molecule has 0 nitrogen and oxygen atoms in total. The summed E-state index contributed by atoms with van der Waals surface area (Å²) in [6.45, 7) is 0. The lowest BCUT2D eigenvalue weighted by Crippen LogP contribution is -1.47. The van der Waals surface area contributed by atoms with Crippen LogP contribution in [0.3, 0.4) is 0 Å². The molecule has 0 fully saturated rings. The highest BCUT2D eigenvalue weighted by molar-refractivity contribution is 9.26. The average Bonchev–Trinajstić information content (AvgIpc) is 1.62. The molecule has 0 spiro atoms. The highest BCUT2D eigenvalue weighted by atomic mass is 33.7. The SMILES string of the molecule is C1=C\SSSS\C=C/1. The summed E-state index contributed by atoms with van der Waals surface area (Å²) in [5.41, 5.74) is 0. The third kappa shape index (κ3) is 3.02. The Morgan fingerprint density at radius 1 is 0.750 bits per heavy atom. The summed E-state index contributed by atoms with van der Waals surface area (Å²) in [7, 11) is 7.09. The Morgan fingerprint density at radius 3 is 1.75 bits per heavy atom. The molecule has 0 aliphatic carbocycles. The smallest absolute Gasteiger partial charge is 0.00841 e. The van der Waals surface area contributed by atoms with Crippen molar-refractivity contribution in [2.24, 2.45) is 0 Å². The van der Waals surface area contributed by atoms with Gasteiger partial charge in [0.15, 0.2) is 0 Å². The van der Waals surface area contributed by atoms with Crippen LogP contribution in [0.25, 0.3) is 0 Å². The summed E-state index contributed by atoms with van der Waals surface area (Å²) in [6.07, 6.45) is 4.09. The van der Waals surface area contributed by atoms with Crippen molar-refractivity contribution in [2.45, 2.75) is 0 Å². The van der Waals surface area contributed by atoms with Gasteiger partial charge in [0, 0.05) is 0 Å². The molecule has 4 heteroatoms. The molecule has 0 bridgehead atoms. The quantitative estimate of drug-likeness (QED) is 0.521. The third-order valence-corrected chi connectivity index (χ3v) is 5.95. The van der Waals surface area contributed by atoms with E-state index in [1.165, 1.54) is 0 Å². The summed E-state index contributed by atoms with van der Waals surface area (Å²) in [5.74, 6) is 0. The van der Waals surface area contributed by atoms with Crippen molar-refractivity contribution in [2.75, 3.05) is 0 Å². The first-order valence-electron chi connectivity index (χ1n) is 1.97. The van der Waals surface area contributed by atoms with Gasteiger partial charge in [0.2, 0.25) is 0 Å². The predicted molar refractivity (Wildman–Crippen MR) is 48.6 cm³/mol. The molecule has 0 saturated carbocycles. The minimum Gasteiger partial charge on any atom is -0.0545 e. The molecule has 0 unspecified atom stereocenters. The maximum atomic E-state index is 2.08. The molecule has 0 aromatic rings. The number of rotatable bonds is 0. The van der Waals surface area contributed by atoms with Crippen LogP contribution in [0.2, 0.25) is 0 Å². The van der Waals surface area contributed by atoms with Gasteiger partial charge >= 0.3 is 0 Å². The summed E-state index contributed by atoms with van der Waals surface area (Å²) in [5, 5.41) is 4.15. The number of allylic oxidation sites excluding steroid dienone is 2. The molecule has 8 heavy (non-hydrogen) atoms. The van der Waals surface area contributed by atoms with Crippen molar-refractivity contribution in [1.29, 1.82) is 0 Å². The molecule has 0 N–H and O–H groups in total. The van der Waals surface area contributed by atoms with Crippen LogP contribution >= 0.6 is 41.2 Å². The fourth-order valence-electron chi connectivity index (χ4n) is 0.232. The summed E-state index contributed by atoms with van der Waals surface area (Å²) in [6, 6.07) is 0. The average molecular weight is 180 g/mol. The highest BCUT2D eigenvalue weighted by Crippen LogP contribution is 2.44. The van der Waals surface area contributed by atoms with Crippen LogP contribution < -0.4 is 0 Å². The van der Waals surface area contributed by atoms with E-state index in [4.69, 9.17) is 0 Å². The zero-order chi connectivity index (χ0) is 5.66. The molecular weight excluding hydrogens is 176 g/mol. The van der Waals surface area contributed by atoms with Gasteiger partial charge in [-0.3, -0.25) is 0 Å². The van der Waals surface area contributed by atoms with Crippen molar-refractivity contribution in [3.8, 4) is 0 Å². The van der Waals surface area contributed by atoms with Crippen LogP contribution in [-0.2, 0) is 0 Å². The molecule has 0 aromatic heterocycles. The van der Waals surface area contributed by atoms with Gasteiger partial charge < -0.3 is 0 Å². The summed E-state index contributed by atoms with van der Waals surface area (Å²) in [4.78, 5) is 0. The van der Waals surface area contributed by atoms with E-state index in [0.29, 0.717) is 0 Å². The Kier molecular flexibility index (Phi) is 4.13. The maximum Gasteiger partial charge on any atom is -0.00841 e. The van der Waals surface area contributed by atoms with Crippen molar-refractivity contribution in [3.63, 3.8) is 0 Å². The fourth-order valence-corrected chi connectivity index (χ4v) is 4.67. The Balaban J connectivity index is 2.33. The van der Waals surface area contributed by atoms with E-state index >= 15 is 0 Å². The Labute approximate surface area is 64.1 Å². The molecule has 0 atom stereocenters. The molecule has 1 aliphatic rings. The first-order chi connectivity index (χ1) is 4.00. The summed E-state index contributed by atoms with van der Waals surface area (Å²) >= 11 is 0. The predicted octanol–water partition coefficient (Wildman–Crippen LogP) is 3.71. The van der Waals surface area contributed by atoms with Gasteiger partial charge in [-0.25, -0.2) is 0 Å². The van der Waals surface area contributed by atoms with Crippen LogP contribution in [0, 0.1) is 0 Å². The van der Waals surface area contributed by atoms with Crippen molar-refractivity contribution in [1.82, 2.24) is 0 Å². The van der Waals surface area contributed by atoms with E-state index in [0.717, 1.165) is 0 Å². The maximum absolute atomic E-state index is 2.08. The van der Waals surface area contributed by atoms with Gasteiger partial charge in [0.25, 0.3) is 0 Å². The van der Waals surface area contributed by atoms with E-state index in [9.17, 15) is 0 Å². The minimum absolute atomic E-state index is 1.76. The molecule has 0 saturated heterocycles. The van der Waals surface area contributed by atoms with E-state index in [-0.39, 0.29) is 0 Å². The van der Waals surface area contributed by atoms with Gasteiger partial charge in [0.05, 0.1) is 0 Å². The normalized spacial score (nSPS) is 28.0. The topological polar surface area (TPSA) is 0 Å². The van der Waals surface area contributed by atoms with E-state index < -0.39 is 0 Å². The molecule has 1 heterocycles. The first kappa shape index (κ1) is 6.99. The summed E-state index contributed by atoms with van der Waals surface area (Å²) < 4.78 is 0. The fraction of sp³-hybridized carbons (Fsp3) is 0. The second-order valence-electron chi connectivity index (χ2n) is 0.986. The zero-order valence-electron chi connectivity index (χ0n) is 3.94. The largest absolute Gasteiger partial charge is 0.0545 e. The van der Waals surface area contributed by atoms with Crippen LogP contribution in [0.5, 0.6) is 0 Å². The van der Waals surface area contributed by atoms with E-state index in [1.807, 2.05) is 12.2 Å². The molecule has 0 aromatic carbocycles. The molecule has 0 radical (unpaired) electrons. The lowest BCUT2D eigenvalue weighted by molar-refractivity contribution is 2.10. The number of hydrogen-bond acceptors (Lipinski definition) is 4. The van der Waals surface area contributed by atoms with Gasteiger partial charge in [-0.1, -0.05) is 33.7 Å². The molecule has 0 amide bonds. The second kappa shape index (κ2) is 4.73. The monoisotopic (exact) mass is 180 g/mol. The van der Waals surface area contributed by atoms with Crippen LogP contribution in [0.4, 0.5) is 0 Å². The molecule has 1 rings (SSSR count).